The molecule has 1 N–H and O–H groups in total. The number of likely N-dealkylation sites (tertiary alicyclic amines) is 1. The molecule has 0 aliphatic carbocycles. The molecule has 2 aliphatic heterocycles. The topological polar surface area (TPSA) is 47.0 Å². The van der Waals surface area contributed by atoms with Crippen LogP contribution in [0.5, 0.6) is 5.75 Å². The fourth-order valence-corrected chi connectivity index (χ4v) is 5.04. The number of benzene rings is 1. The maximum Gasteiger partial charge on any atom is 0.225 e. The predicted molar refractivity (Wildman–Crippen MR) is 118 cm³/mol. The zero-order chi connectivity index (χ0) is 21.0. The third-order valence-electron chi connectivity index (χ3n) is 6.75. The molecule has 2 fully saturated rings. The van der Waals surface area contributed by atoms with Crippen LogP contribution in [0.4, 0.5) is 0 Å². The van der Waals surface area contributed by atoms with Crippen LogP contribution in [-0.4, -0.2) is 77.6 Å². The van der Waals surface area contributed by atoms with Crippen LogP contribution < -0.4 is 0 Å². The van der Waals surface area contributed by atoms with E-state index in [0.29, 0.717) is 11.8 Å². The molecule has 29 heavy (non-hydrogen) atoms. The van der Waals surface area contributed by atoms with Crippen LogP contribution in [0.15, 0.2) is 12.1 Å². The van der Waals surface area contributed by atoms with Crippen molar-refractivity contribution in [3.05, 3.63) is 28.8 Å². The molecular formula is C24H39N3O2. The standard InChI is InChI=1S/C24H39N3O2/c1-5-8-25-11-13-26(14-12-25)22-6-9-27(10-7-22)24(29)20(4)17-21-15-18(2)23(28)19(3)16-21/h15-16,20,22,28H,5-14,17H2,1-4H3/t20-/m1/s1. The number of nitrogens with zero attached hydrogens (tertiary/aromatic N) is 3. The van der Waals surface area contributed by atoms with Gasteiger partial charge in [-0.3, -0.25) is 9.69 Å². The average molecular weight is 402 g/mol. The molecule has 0 spiro atoms. The molecule has 2 saturated heterocycles. The molecule has 1 atom stereocenters. The Morgan fingerprint density at radius 2 is 1.66 bits per heavy atom. The van der Waals surface area contributed by atoms with E-state index in [1.165, 1.54) is 39.1 Å². The van der Waals surface area contributed by atoms with E-state index in [-0.39, 0.29) is 11.8 Å². The number of rotatable bonds is 6. The van der Waals surface area contributed by atoms with Crippen molar-refractivity contribution in [2.75, 3.05) is 45.8 Å². The molecular weight excluding hydrogens is 362 g/mol. The Labute approximate surface area is 176 Å². The van der Waals surface area contributed by atoms with E-state index in [2.05, 4.69) is 21.6 Å². The summed E-state index contributed by atoms with van der Waals surface area (Å²) in [5, 5.41) is 9.97. The van der Waals surface area contributed by atoms with Crippen molar-refractivity contribution in [3.8, 4) is 5.75 Å². The molecule has 0 bridgehead atoms. The van der Waals surface area contributed by atoms with Gasteiger partial charge in [0.2, 0.25) is 5.91 Å². The molecule has 0 aromatic heterocycles. The molecule has 1 amide bonds. The number of aryl methyl sites for hydroxylation is 2. The lowest BCUT2D eigenvalue weighted by Gasteiger charge is -2.43. The highest BCUT2D eigenvalue weighted by Gasteiger charge is 2.30. The second-order valence-electron chi connectivity index (χ2n) is 9.12. The average Bonchev–Trinajstić information content (AvgIpc) is 2.72. The molecule has 1 aromatic carbocycles. The number of carbonyl (C=O) groups is 1. The number of carbonyl (C=O) groups excluding carboxylic acids is 1. The summed E-state index contributed by atoms with van der Waals surface area (Å²) < 4.78 is 0. The van der Waals surface area contributed by atoms with Crippen molar-refractivity contribution in [3.63, 3.8) is 0 Å². The number of hydrogen-bond acceptors (Lipinski definition) is 4. The maximum atomic E-state index is 13.0. The molecule has 0 unspecified atom stereocenters. The van der Waals surface area contributed by atoms with Crippen molar-refractivity contribution in [2.45, 2.75) is 59.4 Å². The van der Waals surface area contributed by atoms with Crippen molar-refractivity contribution < 1.29 is 9.90 Å². The van der Waals surface area contributed by atoms with E-state index in [9.17, 15) is 9.90 Å². The van der Waals surface area contributed by atoms with Crippen molar-refractivity contribution in [1.82, 2.24) is 14.7 Å². The van der Waals surface area contributed by atoms with Gasteiger partial charge in [-0.05, 0) is 62.8 Å². The van der Waals surface area contributed by atoms with E-state index in [1.54, 1.807) is 0 Å². The van der Waals surface area contributed by atoms with E-state index in [4.69, 9.17) is 0 Å². The van der Waals surface area contributed by atoms with Crippen LogP contribution in [0.3, 0.4) is 0 Å². The van der Waals surface area contributed by atoms with Crippen molar-refractivity contribution in [2.24, 2.45) is 5.92 Å². The fourth-order valence-electron chi connectivity index (χ4n) is 5.04. The molecule has 5 heteroatoms. The first-order chi connectivity index (χ1) is 13.9. The predicted octanol–water partition coefficient (Wildman–Crippen LogP) is 3.21. The summed E-state index contributed by atoms with van der Waals surface area (Å²) >= 11 is 0. The lowest BCUT2D eigenvalue weighted by atomic mass is 9.95. The minimum absolute atomic E-state index is 0.0209. The molecule has 0 radical (unpaired) electrons. The smallest absolute Gasteiger partial charge is 0.225 e. The van der Waals surface area contributed by atoms with Gasteiger partial charge >= 0.3 is 0 Å². The Kier molecular flexibility index (Phi) is 7.58. The fraction of sp³-hybridized carbons (Fsp3) is 0.708. The van der Waals surface area contributed by atoms with Gasteiger partial charge in [0, 0.05) is 51.2 Å². The summed E-state index contributed by atoms with van der Waals surface area (Å²) in [5.74, 6) is 0.623. The SMILES string of the molecule is CCCN1CCN(C2CCN(C(=O)[C@H](C)Cc3cc(C)c(O)c(C)c3)CC2)CC1. The first-order valence-electron chi connectivity index (χ1n) is 11.4. The summed E-state index contributed by atoms with van der Waals surface area (Å²) in [4.78, 5) is 20.3. The minimum Gasteiger partial charge on any atom is -0.507 e. The van der Waals surface area contributed by atoms with Crippen LogP contribution in [0, 0.1) is 19.8 Å². The van der Waals surface area contributed by atoms with E-state index >= 15 is 0 Å². The largest absolute Gasteiger partial charge is 0.507 e. The van der Waals surface area contributed by atoms with Gasteiger partial charge < -0.3 is 14.9 Å². The number of aromatic hydroxyl groups is 1. The van der Waals surface area contributed by atoms with Crippen LogP contribution in [0.25, 0.3) is 0 Å². The summed E-state index contributed by atoms with van der Waals surface area (Å²) in [6.45, 7) is 15.9. The summed E-state index contributed by atoms with van der Waals surface area (Å²) in [6, 6.07) is 4.66. The Balaban J connectivity index is 1.47. The summed E-state index contributed by atoms with van der Waals surface area (Å²) in [6.07, 6.45) is 4.18. The van der Waals surface area contributed by atoms with Gasteiger partial charge in [-0.15, -0.1) is 0 Å². The van der Waals surface area contributed by atoms with Crippen molar-refractivity contribution in [1.29, 1.82) is 0 Å². The second-order valence-corrected chi connectivity index (χ2v) is 9.12. The van der Waals surface area contributed by atoms with Gasteiger partial charge in [0.25, 0.3) is 0 Å². The Morgan fingerprint density at radius 1 is 1.07 bits per heavy atom. The number of hydrogen-bond donors (Lipinski definition) is 1. The van der Waals surface area contributed by atoms with E-state index < -0.39 is 0 Å². The number of amides is 1. The first kappa shape index (κ1) is 22.1. The van der Waals surface area contributed by atoms with Crippen LogP contribution in [0.1, 0.15) is 49.8 Å². The highest BCUT2D eigenvalue weighted by molar-refractivity contribution is 5.79. The number of piperazine rings is 1. The molecule has 5 nitrogen and oxygen atoms in total. The Morgan fingerprint density at radius 3 is 2.21 bits per heavy atom. The summed E-state index contributed by atoms with van der Waals surface area (Å²) in [7, 11) is 0. The van der Waals surface area contributed by atoms with Crippen LogP contribution in [0.2, 0.25) is 0 Å². The molecule has 162 valence electrons. The van der Waals surface area contributed by atoms with Gasteiger partial charge in [-0.25, -0.2) is 0 Å². The quantitative estimate of drug-likeness (QED) is 0.795. The highest BCUT2D eigenvalue weighted by atomic mass is 16.3. The van der Waals surface area contributed by atoms with Gasteiger partial charge in [0.05, 0.1) is 0 Å². The van der Waals surface area contributed by atoms with Gasteiger partial charge in [-0.2, -0.15) is 0 Å². The van der Waals surface area contributed by atoms with E-state index in [1.807, 2.05) is 32.9 Å². The van der Waals surface area contributed by atoms with Gasteiger partial charge in [-0.1, -0.05) is 26.0 Å². The van der Waals surface area contributed by atoms with E-state index in [0.717, 1.165) is 49.0 Å². The zero-order valence-electron chi connectivity index (χ0n) is 18.8. The lowest BCUT2D eigenvalue weighted by Crippen LogP contribution is -2.54. The third kappa shape index (κ3) is 5.52. The van der Waals surface area contributed by atoms with Gasteiger partial charge in [0.1, 0.15) is 5.75 Å². The van der Waals surface area contributed by atoms with Crippen LogP contribution >= 0.6 is 0 Å². The Bertz CT molecular complexity index is 666. The van der Waals surface area contributed by atoms with Crippen molar-refractivity contribution >= 4 is 5.91 Å². The molecule has 1 aromatic rings. The monoisotopic (exact) mass is 401 g/mol. The van der Waals surface area contributed by atoms with Gasteiger partial charge in [0.15, 0.2) is 0 Å². The zero-order valence-corrected chi connectivity index (χ0v) is 18.8. The minimum atomic E-state index is -0.0209. The maximum absolute atomic E-state index is 13.0. The number of phenolic OH excluding ortho intramolecular Hbond substituents is 1. The second kappa shape index (κ2) is 9.94. The lowest BCUT2D eigenvalue weighted by molar-refractivity contribution is -0.136. The molecule has 3 rings (SSSR count). The van der Waals surface area contributed by atoms with Crippen LogP contribution in [-0.2, 0) is 11.2 Å². The number of phenols is 1. The normalized spacial score (nSPS) is 20.8. The third-order valence-corrected chi connectivity index (χ3v) is 6.75. The molecule has 0 saturated carbocycles. The molecule has 2 aliphatic rings. The summed E-state index contributed by atoms with van der Waals surface area (Å²) in [5.41, 5.74) is 2.91. The molecule has 2 heterocycles. The Hall–Kier alpha value is -1.59. The first-order valence-corrected chi connectivity index (χ1v) is 11.4. The highest BCUT2D eigenvalue weighted by Crippen LogP contribution is 2.25. The number of piperidine rings is 1.